The van der Waals surface area contributed by atoms with E-state index in [2.05, 4.69) is 229 Å². The Balaban J connectivity index is 1.18. The van der Waals surface area contributed by atoms with Crippen molar-refractivity contribution in [3.05, 3.63) is 224 Å². The van der Waals surface area contributed by atoms with Crippen LogP contribution in [0.3, 0.4) is 0 Å². The molecule has 0 spiro atoms. The van der Waals surface area contributed by atoms with Gasteiger partial charge in [-0.15, -0.1) is 0 Å². The summed E-state index contributed by atoms with van der Waals surface area (Å²) in [5.74, 6) is 0. The predicted octanol–water partition coefficient (Wildman–Crippen LogP) is 9.87. The fourth-order valence-electron chi connectivity index (χ4n) is 7.26. The molecular weight excluding hydrogens is 663 g/mol. The maximum Gasteiger partial charge on any atom is -0.0544 e. The molecule has 50 heavy (non-hydrogen) atoms. The third kappa shape index (κ3) is 6.09. The molecule has 0 unspecified atom stereocenters. The van der Waals surface area contributed by atoms with Gasteiger partial charge in [0.15, 0.2) is 0 Å². The van der Waals surface area contributed by atoms with E-state index < -0.39 is 13.3 Å². The summed E-state index contributed by atoms with van der Waals surface area (Å²) in [6.07, 6.45) is 0. The number of hydrogen-bond acceptors (Lipinski definition) is 1. The van der Waals surface area contributed by atoms with Crippen LogP contribution in [0.5, 0.6) is 0 Å². The van der Waals surface area contributed by atoms with Gasteiger partial charge in [0.05, 0.1) is 0 Å². The molecule has 8 aromatic rings. The first-order valence-electron chi connectivity index (χ1n) is 17.2. The van der Waals surface area contributed by atoms with Gasteiger partial charge in [0, 0.05) is 0 Å². The van der Waals surface area contributed by atoms with E-state index in [1.807, 2.05) is 0 Å². The zero-order valence-electron chi connectivity index (χ0n) is 27.8. The molecule has 238 valence electrons. The second-order valence-corrected chi connectivity index (χ2v) is 20.6. The summed E-state index contributed by atoms with van der Waals surface area (Å²) < 4.78 is 5.71. The summed E-state index contributed by atoms with van der Waals surface area (Å²) in [4.78, 5) is 2.33. The number of para-hydroxylation sites is 1. The minimum atomic E-state index is -3.29. The number of anilines is 3. The van der Waals surface area contributed by atoms with Gasteiger partial charge in [-0.25, -0.2) is 0 Å². The van der Waals surface area contributed by atoms with Crippen molar-refractivity contribution >= 4 is 47.9 Å². The molecule has 0 saturated carbocycles. The van der Waals surface area contributed by atoms with Crippen molar-refractivity contribution in [2.45, 2.75) is 0 Å². The summed E-state index contributed by atoms with van der Waals surface area (Å²) in [6.45, 7) is 0. The molecule has 0 radical (unpaired) electrons. The van der Waals surface area contributed by atoms with Crippen molar-refractivity contribution in [1.82, 2.24) is 0 Å². The molecule has 1 nitrogen and oxygen atoms in total. The largest absolute Gasteiger partial charge is 0.0617 e. The summed E-state index contributed by atoms with van der Waals surface area (Å²) in [5.41, 5.74) is 8.19. The Bertz CT molecular complexity index is 2170. The van der Waals surface area contributed by atoms with Crippen LogP contribution in [-0.4, -0.2) is 13.3 Å². The van der Waals surface area contributed by atoms with Crippen molar-refractivity contribution in [2.75, 3.05) is 4.90 Å². The summed E-state index contributed by atoms with van der Waals surface area (Å²) in [7, 11) is 0. The fourth-order valence-corrected chi connectivity index (χ4v) is 17.2. The van der Waals surface area contributed by atoms with Crippen molar-refractivity contribution in [1.29, 1.82) is 0 Å². The molecule has 2 heteroatoms. The van der Waals surface area contributed by atoms with Gasteiger partial charge in [-0.05, 0) is 5.56 Å². The van der Waals surface area contributed by atoms with E-state index in [9.17, 15) is 0 Å². The van der Waals surface area contributed by atoms with Gasteiger partial charge in [-0.3, -0.25) is 0 Å². The number of nitrogens with zero attached hydrogens (tertiary/aromatic N) is 1. The average Bonchev–Trinajstić information content (AvgIpc) is 3.21. The van der Waals surface area contributed by atoms with E-state index in [1.165, 1.54) is 39.8 Å². The van der Waals surface area contributed by atoms with Gasteiger partial charge in [-0.2, -0.15) is 0 Å². The fraction of sp³-hybridized carbons (Fsp3) is 0. The van der Waals surface area contributed by atoms with Crippen LogP contribution in [0.1, 0.15) is 0 Å². The number of benzene rings is 8. The van der Waals surface area contributed by atoms with Crippen LogP contribution >= 0.6 is 0 Å². The standard InChI is InChI=1S/C48H37GeN/c1-6-17-38(18-7-1)41-19-16-28-48(37-41)50(46-26-14-5-15-27-46)47-35-31-40(32-36-47)39-29-33-45(34-30-39)49(42-20-8-2-9-21-42,43-22-10-3-11-23-43)44-24-12-4-13-25-44/h1-37H. The van der Waals surface area contributed by atoms with Crippen LogP contribution in [0.4, 0.5) is 17.1 Å². The van der Waals surface area contributed by atoms with Crippen molar-refractivity contribution in [3.8, 4) is 22.3 Å². The Labute approximate surface area is 298 Å². The summed E-state index contributed by atoms with van der Waals surface area (Å²) in [5, 5.41) is 0. The van der Waals surface area contributed by atoms with Crippen molar-refractivity contribution in [3.63, 3.8) is 0 Å². The Hall–Kier alpha value is -5.90. The monoisotopic (exact) mass is 701 g/mol. The van der Waals surface area contributed by atoms with E-state index in [4.69, 9.17) is 0 Å². The van der Waals surface area contributed by atoms with E-state index in [-0.39, 0.29) is 0 Å². The van der Waals surface area contributed by atoms with Crippen molar-refractivity contribution < 1.29 is 0 Å². The Morgan fingerprint density at radius 2 is 0.580 bits per heavy atom. The molecule has 8 rings (SSSR count). The zero-order valence-corrected chi connectivity index (χ0v) is 29.9. The zero-order chi connectivity index (χ0) is 33.6. The Morgan fingerprint density at radius 1 is 0.240 bits per heavy atom. The third-order valence-corrected chi connectivity index (χ3v) is 19.7. The molecule has 0 heterocycles. The Morgan fingerprint density at radius 3 is 1.08 bits per heavy atom. The maximum absolute atomic E-state index is 3.29. The molecule has 0 amide bonds. The van der Waals surface area contributed by atoms with Crippen LogP contribution < -0.4 is 22.5 Å². The van der Waals surface area contributed by atoms with Gasteiger partial charge in [0.1, 0.15) is 0 Å². The Kier molecular flexibility index (Phi) is 8.97. The molecule has 0 aliphatic heterocycles. The van der Waals surface area contributed by atoms with Gasteiger partial charge >= 0.3 is 251 Å². The molecule has 0 aromatic heterocycles. The first kappa shape index (κ1) is 31.4. The molecular formula is C48H37GeN. The van der Waals surface area contributed by atoms with Gasteiger partial charge in [-0.1, -0.05) is 42.5 Å². The molecule has 0 atom stereocenters. The predicted molar refractivity (Wildman–Crippen MR) is 216 cm³/mol. The molecule has 0 saturated heterocycles. The van der Waals surface area contributed by atoms with E-state index in [1.54, 1.807) is 0 Å². The molecule has 0 bridgehead atoms. The number of hydrogen-bond donors (Lipinski definition) is 0. The van der Waals surface area contributed by atoms with Gasteiger partial charge < -0.3 is 0 Å². The SMILES string of the molecule is c1ccc(-c2cccc(N(c3ccccc3)c3ccc(-c4cc[c]([Ge]([c]5ccccc5)([c]5ccccc5)[c]5ccccc5)cc4)cc3)c2)cc1. The maximum atomic E-state index is 2.39. The van der Waals surface area contributed by atoms with E-state index >= 15 is 0 Å². The van der Waals surface area contributed by atoms with Crippen molar-refractivity contribution in [2.24, 2.45) is 0 Å². The second kappa shape index (κ2) is 14.3. The van der Waals surface area contributed by atoms with Gasteiger partial charge in [0.25, 0.3) is 0 Å². The van der Waals surface area contributed by atoms with Crippen LogP contribution in [0.2, 0.25) is 0 Å². The molecule has 0 aliphatic rings. The van der Waals surface area contributed by atoms with Crippen LogP contribution in [-0.2, 0) is 0 Å². The second-order valence-electron chi connectivity index (χ2n) is 12.6. The number of rotatable bonds is 9. The quantitative estimate of drug-likeness (QED) is 0.136. The molecule has 0 fully saturated rings. The summed E-state index contributed by atoms with van der Waals surface area (Å²) >= 11 is -3.29. The van der Waals surface area contributed by atoms with Gasteiger partial charge in [0.2, 0.25) is 0 Å². The molecule has 8 aromatic carbocycles. The first-order valence-corrected chi connectivity index (χ1v) is 21.4. The molecule has 0 aliphatic carbocycles. The van der Waals surface area contributed by atoms with Crippen LogP contribution in [0.15, 0.2) is 224 Å². The van der Waals surface area contributed by atoms with E-state index in [0.29, 0.717) is 0 Å². The minimum Gasteiger partial charge on any atom is -0.0617 e. The van der Waals surface area contributed by atoms with Crippen LogP contribution in [0, 0.1) is 0 Å². The topological polar surface area (TPSA) is 3.24 Å². The smallest absolute Gasteiger partial charge is 0.0544 e. The minimum absolute atomic E-state index is 1.12. The van der Waals surface area contributed by atoms with E-state index in [0.717, 1.165) is 17.1 Å². The first-order chi connectivity index (χ1) is 24.8. The normalized spacial score (nSPS) is 11.2. The third-order valence-electron chi connectivity index (χ3n) is 9.62. The average molecular weight is 700 g/mol. The molecule has 0 N–H and O–H groups in total. The van der Waals surface area contributed by atoms with Crippen LogP contribution in [0.25, 0.3) is 22.3 Å². The summed E-state index contributed by atoms with van der Waals surface area (Å²) in [6, 6.07) is 81.9.